The van der Waals surface area contributed by atoms with E-state index in [4.69, 9.17) is 5.26 Å². The van der Waals surface area contributed by atoms with Crippen molar-refractivity contribution < 1.29 is 9.59 Å². The molecule has 0 radical (unpaired) electrons. The zero-order valence-electron chi connectivity index (χ0n) is 6.41. The topological polar surface area (TPSA) is 107 Å². The summed E-state index contributed by atoms with van der Waals surface area (Å²) in [7, 11) is 0. The van der Waals surface area contributed by atoms with E-state index in [0.717, 1.165) is 0 Å². The molecule has 2 heterocycles. The molecule has 0 fully saturated rings. The second-order valence-corrected chi connectivity index (χ2v) is 2.30. The third-order valence-electron chi connectivity index (χ3n) is 1.52. The normalized spacial score (nSPS) is 10.4. The highest BCUT2D eigenvalue weighted by Gasteiger charge is 2.18. The van der Waals surface area contributed by atoms with Gasteiger partial charge in [-0.25, -0.2) is 4.63 Å². The maximum absolute atomic E-state index is 11.0. The van der Waals surface area contributed by atoms with Crippen molar-refractivity contribution >= 4 is 11.3 Å². The van der Waals surface area contributed by atoms with E-state index >= 15 is 0 Å². The molecular formula is C5H4N6O2. The van der Waals surface area contributed by atoms with Crippen molar-refractivity contribution in [2.75, 3.05) is 0 Å². The molecule has 0 aliphatic rings. The van der Waals surface area contributed by atoms with E-state index in [1.54, 1.807) is 0 Å². The van der Waals surface area contributed by atoms with Gasteiger partial charge in [0.1, 0.15) is 0 Å². The van der Waals surface area contributed by atoms with Crippen LogP contribution in [0.25, 0.3) is 11.3 Å². The van der Waals surface area contributed by atoms with E-state index in [-0.39, 0.29) is 24.3 Å². The molecular weight excluding hydrogens is 176 g/mol. The second kappa shape index (κ2) is 2.71. The first-order valence-corrected chi connectivity index (χ1v) is 3.49. The summed E-state index contributed by atoms with van der Waals surface area (Å²) in [5.74, 6) is 0. The van der Waals surface area contributed by atoms with Gasteiger partial charge in [0, 0.05) is 4.96 Å². The molecule has 0 bridgehead atoms. The Kier molecular flexibility index (Phi) is 1.56. The van der Waals surface area contributed by atoms with Crippen molar-refractivity contribution in [3.05, 3.63) is 5.21 Å². The third kappa shape index (κ3) is 1.06. The molecule has 2 aromatic heterocycles. The van der Waals surface area contributed by atoms with Crippen LogP contribution in [0.4, 0.5) is 0 Å². The van der Waals surface area contributed by atoms with Gasteiger partial charge in [-0.3, -0.25) is 0 Å². The number of aryl methyl sites for hydroxylation is 1. The van der Waals surface area contributed by atoms with Crippen molar-refractivity contribution in [2.45, 2.75) is 13.0 Å². The molecule has 0 N–H and O–H groups in total. The van der Waals surface area contributed by atoms with E-state index in [0.29, 0.717) is 4.96 Å². The molecule has 0 spiro atoms. The number of fused-ring (bicyclic) bond motifs is 1. The van der Waals surface area contributed by atoms with E-state index in [1.807, 2.05) is 6.07 Å². The molecule has 8 nitrogen and oxygen atoms in total. The highest BCUT2D eigenvalue weighted by atomic mass is 16.6. The van der Waals surface area contributed by atoms with Crippen LogP contribution in [0, 0.1) is 16.5 Å². The Hall–Kier alpha value is -2.17. The molecule has 0 unspecified atom stereocenters. The van der Waals surface area contributed by atoms with Crippen LogP contribution in [0.1, 0.15) is 6.42 Å². The lowest BCUT2D eigenvalue weighted by molar-refractivity contribution is -0.746. The summed E-state index contributed by atoms with van der Waals surface area (Å²) in [6, 6.07) is 1.91. The largest absolute Gasteiger partial charge is 0.571 e. The molecule has 0 aliphatic heterocycles. The van der Waals surface area contributed by atoms with Gasteiger partial charge in [0.25, 0.3) is 5.65 Å². The van der Waals surface area contributed by atoms with Gasteiger partial charge in [0.2, 0.25) is 0 Å². The lowest BCUT2D eigenvalue weighted by atomic mass is 10.5. The second-order valence-electron chi connectivity index (χ2n) is 2.30. The summed E-state index contributed by atoms with van der Waals surface area (Å²) < 4.78 is 5.54. The predicted octanol–water partition coefficient (Wildman–Crippen LogP) is -1.03. The Morgan fingerprint density at radius 1 is 1.62 bits per heavy atom. The number of nitrogens with zero attached hydrogens (tertiary/aromatic N) is 6. The number of nitriles is 1. The quantitative estimate of drug-likeness (QED) is 0.431. The Morgan fingerprint density at radius 3 is 3.23 bits per heavy atom. The average Bonchev–Trinajstić information content (AvgIpc) is 2.62. The van der Waals surface area contributed by atoms with E-state index < -0.39 is 0 Å². The van der Waals surface area contributed by atoms with Gasteiger partial charge in [-0.2, -0.15) is 5.26 Å². The van der Waals surface area contributed by atoms with Crippen LogP contribution < -0.4 is 4.96 Å². The third-order valence-corrected chi connectivity index (χ3v) is 1.52. The van der Waals surface area contributed by atoms with Crippen LogP contribution >= 0.6 is 0 Å². The summed E-state index contributed by atoms with van der Waals surface area (Å²) >= 11 is 0. The molecule has 8 heteroatoms. The smallest absolute Gasteiger partial charge is 0.316 e. The van der Waals surface area contributed by atoms with E-state index in [1.165, 1.54) is 4.68 Å². The highest BCUT2D eigenvalue weighted by molar-refractivity contribution is 5.61. The first kappa shape index (κ1) is 7.48. The fourth-order valence-electron chi connectivity index (χ4n) is 0.968. The first-order valence-electron chi connectivity index (χ1n) is 3.49. The Balaban J connectivity index is 2.46. The summed E-state index contributed by atoms with van der Waals surface area (Å²) in [6.07, 6.45) is 0.209. The van der Waals surface area contributed by atoms with Gasteiger partial charge >= 0.3 is 5.65 Å². The van der Waals surface area contributed by atoms with Gasteiger partial charge in [0.15, 0.2) is 0 Å². The fourth-order valence-corrected chi connectivity index (χ4v) is 0.968. The van der Waals surface area contributed by atoms with Crippen LogP contribution in [0.3, 0.4) is 0 Å². The van der Waals surface area contributed by atoms with Crippen LogP contribution in [-0.2, 0) is 6.54 Å². The molecule has 0 saturated carbocycles. The van der Waals surface area contributed by atoms with Crippen molar-refractivity contribution in [3.63, 3.8) is 0 Å². The van der Waals surface area contributed by atoms with Gasteiger partial charge in [-0.05, 0) is 10.3 Å². The molecule has 2 aromatic rings. The molecule has 0 saturated heterocycles. The summed E-state index contributed by atoms with van der Waals surface area (Å²) in [4.78, 5) is 0.345. The molecule has 2 rings (SSSR count). The average molecular weight is 180 g/mol. The van der Waals surface area contributed by atoms with Crippen molar-refractivity contribution in [2.24, 2.45) is 0 Å². The first-order chi connectivity index (χ1) is 6.33. The zero-order chi connectivity index (χ0) is 9.26. The lowest BCUT2D eigenvalue weighted by Gasteiger charge is -1.94. The van der Waals surface area contributed by atoms with Crippen LogP contribution in [-0.4, -0.2) is 20.1 Å². The van der Waals surface area contributed by atoms with Crippen LogP contribution in [0.2, 0.25) is 0 Å². The molecule has 0 amide bonds. The Morgan fingerprint density at radius 2 is 2.46 bits per heavy atom. The zero-order valence-corrected chi connectivity index (χ0v) is 6.41. The monoisotopic (exact) mass is 180 g/mol. The molecule has 66 valence electrons. The minimum absolute atomic E-state index is 0.146. The SMILES string of the molecule is N#CCCn1c2nonc2n[n+]1[O-]. The number of hydrogen-bond acceptors (Lipinski definition) is 6. The lowest BCUT2D eigenvalue weighted by Crippen LogP contribution is -2.40. The molecule has 0 aromatic carbocycles. The maximum Gasteiger partial charge on any atom is 0.316 e. The van der Waals surface area contributed by atoms with Crippen molar-refractivity contribution in [3.8, 4) is 6.07 Å². The highest BCUT2D eigenvalue weighted by Crippen LogP contribution is 2.02. The van der Waals surface area contributed by atoms with Gasteiger partial charge < -0.3 is 5.21 Å². The summed E-state index contributed by atoms with van der Waals surface area (Å²) in [6.45, 7) is 0.227. The Bertz CT molecular complexity index is 465. The number of hydrogen-bond donors (Lipinski definition) is 0. The summed E-state index contributed by atoms with van der Waals surface area (Å²) in [5, 5.41) is 29.7. The minimum Gasteiger partial charge on any atom is -0.571 e. The number of aromatic nitrogens is 5. The standard InChI is InChI=1S/C5H4N6O2/c6-2-1-3-10-5-4(7-11(10)12)8-13-9-5/h1,3H2. The molecule has 13 heavy (non-hydrogen) atoms. The van der Waals surface area contributed by atoms with Gasteiger partial charge in [-0.15, -0.1) is 0 Å². The molecule has 0 aliphatic carbocycles. The van der Waals surface area contributed by atoms with Crippen molar-refractivity contribution in [1.29, 1.82) is 5.26 Å². The van der Waals surface area contributed by atoms with Gasteiger partial charge in [-0.1, -0.05) is 4.68 Å². The van der Waals surface area contributed by atoms with Crippen LogP contribution in [0.15, 0.2) is 4.63 Å². The predicted molar refractivity (Wildman–Crippen MR) is 36.8 cm³/mol. The van der Waals surface area contributed by atoms with E-state index in [9.17, 15) is 5.21 Å². The van der Waals surface area contributed by atoms with Crippen LogP contribution in [0.5, 0.6) is 0 Å². The molecule has 0 atom stereocenters. The van der Waals surface area contributed by atoms with Crippen molar-refractivity contribution in [1.82, 2.24) is 20.1 Å². The minimum atomic E-state index is 0.146. The fraction of sp³-hybridized carbons (Fsp3) is 0.400. The van der Waals surface area contributed by atoms with E-state index in [2.05, 4.69) is 20.0 Å². The maximum atomic E-state index is 11.0. The Labute approximate surface area is 71.5 Å². The summed E-state index contributed by atoms with van der Waals surface area (Å²) in [5.41, 5.74) is 0.401. The van der Waals surface area contributed by atoms with Gasteiger partial charge in [0.05, 0.1) is 24.1 Å². The number of rotatable bonds is 2.